The molecule has 49 heavy (non-hydrogen) atoms. The average Bonchev–Trinajstić information content (AvgIpc) is 3.11. The molecule has 1 unspecified atom stereocenters. The van der Waals surface area contributed by atoms with E-state index in [0.29, 0.717) is 13.0 Å². The van der Waals surface area contributed by atoms with E-state index < -0.39 is 6.10 Å². The van der Waals surface area contributed by atoms with Gasteiger partial charge in [0.15, 0.2) is 0 Å². The molecule has 0 aromatic heterocycles. The molecule has 0 saturated carbocycles. The standard InChI is InChI=1S/C45H78O4/c1-3-5-7-9-11-13-15-17-19-20-21-22-23-24-25-26-27-28-30-32-34-36-38-40-45(47)49-44(42-46)43-48-41-39-37-35-33-31-29-18-16-14-12-10-8-6-4-2/h5,7,11,13,17,19,21-22,24-25,27-28,44,46H,3-4,6,8-10,12,14-16,18,20,23,26,29-43H2,1-2H3/b7-5-,13-11-,19-17-,22-21-,25-24-,28-27-. The Kier molecular flexibility index (Phi) is 40.1. The summed E-state index contributed by atoms with van der Waals surface area (Å²) in [6.07, 6.45) is 56.6. The van der Waals surface area contributed by atoms with Crippen LogP contribution < -0.4 is 0 Å². The number of hydrogen-bond acceptors (Lipinski definition) is 4. The Bertz CT molecular complexity index is 850. The first-order valence-electron chi connectivity index (χ1n) is 20.5. The van der Waals surface area contributed by atoms with Gasteiger partial charge >= 0.3 is 5.97 Å². The van der Waals surface area contributed by atoms with Crippen molar-refractivity contribution in [2.75, 3.05) is 19.8 Å². The minimum Gasteiger partial charge on any atom is -0.457 e. The van der Waals surface area contributed by atoms with Gasteiger partial charge in [-0.1, -0.05) is 183 Å². The summed E-state index contributed by atoms with van der Waals surface area (Å²) < 4.78 is 11.1. The molecule has 0 aliphatic rings. The maximum atomic E-state index is 12.2. The molecule has 0 aromatic rings. The van der Waals surface area contributed by atoms with Gasteiger partial charge in [-0.3, -0.25) is 4.79 Å². The highest BCUT2D eigenvalue weighted by Gasteiger charge is 2.13. The van der Waals surface area contributed by atoms with Gasteiger partial charge in [-0.15, -0.1) is 0 Å². The van der Waals surface area contributed by atoms with Crippen LogP contribution in [-0.4, -0.2) is 37.0 Å². The Morgan fingerprint density at radius 2 is 0.918 bits per heavy atom. The van der Waals surface area contributed by atoms with E-state index in [-0.39, 0.29) is 19.2 Å². The van der Waals surface area contributed by atoms with Gasteiger partial charge in [0.05, 0.1) is 13.2 Å². The van der Waals surface area contributed by atoms with E-state index in [9.17, 15) is 9.90 Å². The number of rotatable bonds is 37. The highest BCUT2D eigenvalue weighted by Crippen LogP contribution is 2.13. The molecule has 282 valence electrons. The van der Waals surface area contributed by atoms with Crippen molar-refractivity contribution >= 4 is 5.97 Å². The number of allylic oxidation sites excluding steroid dienone is 12. The highest BCUT2D eigenvalue weighted by molar-refractivity contribution is 5.69. The molecule has 1 N–H and O–H groups in total. The van der Waals surface area contributed by atoms with E-state index in [1.54, 1.807) is 0 Å². The number of carbonyl (C=O) groups excluding carboxylic acids is 1. The Morgan fingerprint density at radius 3 is 1.39 bits per heavy atom. The summed E-state index contributed by atoms with van der Waals surface area (Å²) in [7, 11) is 0. The molecule has 0 aromatic carbocycles. The Hall–Kier alpha value is -2.17. The maximum Gasteiger partial charge on any atom is 0.306 e. The normalized spacial score (nSPS) is 13.1. The van der Waals surface area contributed by atoms with E-state index in [0.717, 1.165) is 77.0 Å². The summed E-state index contributed by atoms with van der Waals surface area (Å²) in [6, 6.07) is 0. The Morgan fingerprint density at radius 1 is 0.510 bits per heavy atom. The zero-order valence-electron chi connectivity index (χ0n) is 32.2. The monoisotopic (exact) mass is 683 g/mol. The first-order valence-corrected chi connectivity index (χ1v) is 20.5. The summed E-state index contributed by atoms with van der Waals surface area (Å²) in [5.74, 6) is -0.226. The number of aliphatic hydroxyl groups excluding tert-OH is 1. The lowest BCUT2D eigenvalue weighted by Gasteiger charge is -2.15. The smallest absolute Gasteiger partial charge is 0.306 e. The topological polar surface area (TPSA) is 55.8 Å². The number of carbonyl (C=O) groups is 1. The summed E-state index contributed by atoms with van der Waals surface area (Å²) in [5, 5.41) is 9.58. The lowest BCUT2D eigenvalue weighted by atomic mass is 10.0. The summed E-state index contributed by atoms with van der Waals surface area (Å²) in [6.45, 7) is 5.21. The third kappa shape index (κ3) is 40.1. The third-order valence-electron chi connectivity index (χ3n) is 8.55. The van der Waals surface area contributed by atoms with Gasteiger partial charge in [-0.05, 0) is 64.2 Å². The molecular weight excluding hydrogens is 604 g/mol. The van der Waals surface area contributed by atoms with Crippen molar-refractivity contribution in [2.24, 2.45) is 0 Å². The molecule has 0 radical (unpaired) electrons. The minimum atomic E-state index is -0.549. The third-order valence-corrected chi connectivity index (χ3v) is 8.55. The van der Waals surface area contributed by atoms with Crippen LogP contribution in [0.4, 0.5) is 0 Å². The second-order valence-electron chi connectivity index (χ2n) is 13.3. The zero-order valence-corrected chi connectivity index (χ0v) is 32.2. The van der Waals surface area contributed by atoms with Gasteiger partial charge in [0, 0.05) is 13.0 Å². The van der Waals surface area contributed by atoms with Crippen LogP contribution in [-0.2, 0) is 14.3 Å². The van der Waals surface area contributed by atoms with Crippen molar-refractivity contribution < 1.29 is 19.4 Å². The van der Waals surface area contributed by atoms with Crippen molar-refractivity contribution in [3.8, 4) is 0 Å². The van der Waals surface area contributed by atoms with Crippen molar-refractivity contribution in [2.45, 2.75) is 187 Å². The van der Waals surface area contributed by atoms with Crippen LogP contribution in [0.5, 0.6) is 0 Å². The van der Waals surface area contributed by atoms with E-state index >= 15 is 0 Å². The lowest BCUT2D eigenvalue weighted by molar-refractivity contribution is -0.154. The van der Waals surface area contributed by atoms with Crippen molar-refractivity contribution in [3.63, 3.8) is 0 Å². The quantitative estimate of drug-likeness (QED) is 0.0402. The molecule has 0 fully saturated rings. The predicted octanol–water partition coefficient (Wildman–Crippen LogP) is 13.4. The first kappa shape index (κ1) is 46.8. The van der Waals surface area contributed by atoms with Crippen LogP contribution in [0.1, 0.15) is 181 Å². The number of hydrogen-bond donors (Lipinski definition) is 1. The van der Waals surface area contributed by atoms with Crippen LogP contribution in [0, 0.1) is 0 Å². The molecule has 0 spiro atoms. The fourth-order valence-corrected chi connectivity index (χ4v) is 5.51. The van der Waals surface area contributed by atoms with Crippen molar-refractivity contribution in [3.05, 3.63) is 72.9 Å². The van der Waals surface area contributed by atoms with E-state index in [1.165, 1.54) is 83.5 Å². The van der Waals surface area contributed by atoms with E-state index in [2.05, 4.69) is 86.8 Å². The van der Waals surface area contributed by atoms with E-state index in [1.807, 2.05) is 0 Å². The van der Waals surface area contributed by atoms with Gasteiger partial charge < -0.3 is 14.6 Å². The van der Waals surface area contributed by atoms with Crippen LogP contribution in [0.15, 0.2) is 72.9 Å². The highest BCUT2D eigenvalue weighted by atomic mass is 16.6. The molecule has 0 amide bonds. The zero-order chi connectivity index (χ0) is 35.6. The summed E-state index contributed by atoms with van der Waals surface area (Å²) in [5.41, 5.74) is 0. The molecular formula is C45H78O4. The fraction of sp³-hybridized carbons (Fsp3) is 0.711. The van der Waals surface area contributed by atoms with Gasteiger partial charge in [-0.2, -0.15) is 0 Å². The van der Waals surface area contributed by atoms with Crippen LogP contribution in [0.3, 0.4) is 0 Å². The minimum absolute atomic E-state index is 0.184. The number of aliphatic hydroxyl groups is 1. The Labute approximate surface area is 304 Å². The fourth-order valence-electron chi connectivity index (χ4n) is 5.51. The Balaban J connectivity index is 3.55. The van der Waals surface area contributed by atoms with Crippen LogP contribution in [0.2, 0.25) is 0 Å². The molecule has 0 heterocycles. The molecule has 0 aliphatic heterocycles. The second kappa shape index (κ2) is 42.0. The molecule has 0 aliphatic carbocycles. The van der Waals surface area contributed by atoms with Crippen LogP contribution >= 0.6 is 0 Å². The molecule has 0 bridgehead atoms. The van der Waals surface area contributed by atoms with Crippen molar-refractivity contribution in [1.82, 2.24) is 0 Å². The van der Waals surface area contributed by atoms with Gasteiger partial charge in [0.1, 0.15) is 6.10 Å². The van der Waals surface area contributed by atoms with Gasteiger partial charge in [0.2, 0.25) is 0 Å². The second-order valence-corrected chi connectivity index (χ2v) is 13.3. The van der Waals surface area contributed by atoms with Crippen molar-refractivity contribution in [1.29, 1.82) is 0 Å². The number of unbranched alkanes of at least 4 members (excludes halogenated alkanes) is 17. The molecule has 0 saturated heterocycles. The SMILES string of the molecule is CC/C=C\C/C=C\C/C=C\C/C=C\C/C=C\C/C=C\CCCCCCC(=O)OC(CO)COCCCCCCCCCCCCCCCC. The largest absolute Gasteiger partial charge is 0.457 e. The number of ether oxygens (including phenoxy) is 2. The van der Waals surface area contributed by atoms with Gasteiger partial charge in [-0.25, -0.2) is 0 Å². The first-order chi connectivity index (χ1) is 24.2. The molecule has 0 rings (SSSR count). The molecule has 4 nitrogen and oxygen atoms in total. The number of esters is 1. The maximum absolute atomic E-state index is 12.2. The average molecular weight is 683 g/mol. The summed E-state index contributed by atoms with van der Waals surface area (Å²) in [4.78, 5) is 12.2. The van der Waals surface area contributed by atoms with E-state index in [4.69, 9.17) is 9.47 Å². The lowest BCUT2D eigenvalue weighted by Crippen LogP contribution is -2.27. The van der Waals surface area contributed by atoms with Gasteiger partial charge in [0.25, 0.3) is 0 Å². The summed E-state index contributed by atoms with van der Waals surface area (Å²) >= 11 is 0. The predicted molar refractivity (Wildman–Crippen MR) is 214 cm³/mol. The van der Waals surface area contributed by atoms with Crippen LogP contribution in [0.25, 0.3) is 0 Å². The molecule has 4 heteroatoms. The molecule has 1 atom stereocenters.